The Bertz CT molecular complexity index is 1370. The van der Waals surface area contributed by atoms with Gasteiger partial charge in [-0.15, -0.1) is 0 Å². The van der Waals surface area contributed by atoms with Gasteiger partial charge in [0.25, 0.3) is 0 Å². The van der Waals surface area contributed by atoms with E-state index in [-0.39, 0.29) is 18.3 Å². The van der Waals surface area contributed by atoms with Gasteiger partial charge in [0.15, 0.2) is 11.5 Å². The topological polar surface area (TPSA) is 118 Å². The van der Waals surface area contributed by atoms with Gasteiger partial charge in [0.2, 0.25) is 10.0 Å². The quantitative estimate of drug-likeness (QED) is 0.540. The second kappa shape index (κ2) is 5.97. The number of sulfonamides is 1. The van der Waals surface area contributed by atoms with Crippen molar-refractivity contribution >= 4 is 26.7 Å². The molecule has 0 spiro atoms. The molecular weight excluding hydrogens is 382 g/mol. The lowest BCUT2D eigenvalue weighted by atomic mass is 10.2. The summed E-state index contributed by atoms with van der Waals surface area (Å²) in [6.07, 6.45) is 6.83. The summed E-state index contributed by atoms with van der Waals surface area (Å²) < 4.78 is 28.3. The van der Waals surface area contributed by atoms with E-state index in [0.29, 0.717) is 30.0 Å². The minimum absolute atomic E-state index is 0.252. The maximum absolute atomic E-state index is 12.5. The van der Waals surface area contributed by atoms with Crippen LogP contribution < -0.4 is 5.69 Å². The molecule has 28 heavy (non-hydrogen) atoms. The smallest absolute Gasteiger partial charge is 0.303 e. The molecule has 4 aromatic heterocycles. The second-order valence-electron chi connectivity index (χ2n) is 6.88. The number of imidazole rings is 1. The first kappa shape index (κ1) is 17.1. The molecule has 5 rings (SSSR count). The predicted molar refractivity (Wildman–Crippen MR) is 102 cm³/mol. The van der Waals surface area contributed by atoms with Crippen LogP contribution in [0.1, 0.15) is 12.5 Å². The molecule has 0 aromatic carbocycles. The van der Waals surface area contributed by atoms with Crippen LogP contribution in [0.3, 0.4) is 0 Å². The zero-order valence-electron chi connectivity index (χ0n) is 15.0. The minimum Gasteiger partial charge on any atom is -0.303 e. The molecule has 0 saturated carbocycles. The number of hydrogen-bond acceptors (Lipinski definition) is 6. The fourth-order valence-electron chi connectivity index (χ4n) is 3.71. The number of pyridine rings is 1. The van der Waals surface area contributed by atoms with Gasteiger partial charge in [0.1, 0.15) is 5.52 Å². The third-order valence-electron chi connectivity index (χ3n) is 5.08. The molecular formula is C17H17N7O3S. The van der Waals surface area contributed by atoms with Gasteiger partial charge in [0.05, 0.1) is 35.8 Å². The van der Waals surface area contributed by atoms with E-state index in [0.717, 1.165) is 11.1 Å². The molecule has 144 valence electrons. The molecule has 1 N–H and O–H groups in total. The normalized spacial score (nSPS) is 18.4. The van der Waals surface area contributed by atoms with Crippen LogP contribution in [0.2, 0.25) is 0 Å². The first-order valence-electron chi connectivity index (χ1n) is 8.77. The summed E-state index contributed by atoms with van der Waals surface area (Å²) in [6, 6.07) is 5.43. The highest BCUT2D eigenvalue weighted by atomic mass is 32.2. The average Bonchev–Trinajstić information content (AvgIpc) is 3.36. The first-order valence-corrected chi connectivity index (χ1v) is 10.6. The van der Waals surface area contributed by atoms with Crippen molar-refractivity contribution in [3.05, 3.63) is 47.3 Å². The highest BCUT2D eigenvalue weighted by Gasteiger charge is 2.32. The Labute approximate surface area is 159 Å². The molecule has 5 heterocycles. The van der Waals surface area contributed by atoms with E-state index < -0.39 is 10.0 Å². The molecule has 1 atom stereocenters. The minimum atomic E-state index is -3.30. The van der Waals surface area contributed by atoms with Crippen LogP contribution in [0, 0.1) is 0 Å². The maximum atomic E-state index is 12.5. The van der Waals surface area contributed by atoms with Crippen LogP contribution in [-0.2, 0) is 10.0 Å². The van der Waals surface area contributed by atoms with E-state index in [9.17, 15) is 13.2 Å². The fraction of sp³-hybridized carbons (Fsp3) is 0.294. The lowest BCUT2D eigenvalue weighted by molar-refractivity contribution is 0.455. The van der Waals surface area contributed by atoms with Crippen molar-refractivity contribution in [1.29, 1.82) is 0 Å². The fourth-order valence-corrected chi connectivity index (χ4v) is 4.59. The largest absolute Gasteiger partial charge is 0.328 e. The van der Waals surface area contributed by atoms with E-state index in [1.54, 1.807) is 16.9 Å². The van der Waals surface area contributed by atoms with E-state index in [4.69, 9.17) is 0 Å². The summed E-state index contributed by atoms with van der Waals surface area (Å²) >= 11 is 0. The van der Waals surface area contributed by atoms with Crippen molar-refractivity contribution in [2.24, 2.45) is 0 Å². The Morgan fingerprint density at radius 3 is 2.89 bits per heavy atom. The molecule has 0 radical (unpaired) electrons. The van der Waals surface area contributed by atoms with E-state index in [1.807, 2.05) is 24.4 Å². The van der Waals surface area contributed by atoms with Crippen LogP contribution in [-0.4, -0.2) is 61.2 Å². The number of hydrogen-bond donors (Lipinski definition) is 1. The van der Waals surface area contributed by atoms with Crippen molar-refractivity contribution in [3.63, 3.8) is 0 Å². The number of fused-ring (bicyclic) bond motifs is 2. The predicted octanol–water partition coefficient (Wildman–Crippen LogP) is 0.641. The van der Waals surface area contributed by atoms with Gasteiger partial charge in [0, 0.05) is 19.3 Å². The number of nitrogens with one attached hydrogen (secondary N) is 1. The molecule has 4 aromatic rings. The second-order valence-corrected chi connectivity index (χ2v) is 8.87. The molecule has 10 nitrogen and oxygen atoms in total. The van der Waals surface area contributed by atoms with E-state index in [1.165, 1.54) is 15.1 Å². The SMILES string of the molecule is CS(=O)(=O)N1CCC(n2c(=O)[nH]c3cnc(-c4cnn5ccccc45)nc32)C1. The van der Waals surface area contributed by atoms with E-state index in [2.05, 4.69) is 20.1 Å². The van der Waals surface area contributed by atoms with Crippen molar-refractivity contribution < 1.29 is 8.42 Å². The van der Waals surface area contributed by atoms with Gasteiger partial charge in [-0.1, -0.05) is 6.07 Å². The Balaban J connectivity index is 1.63. The molecule has 1 unspecified atom stereocenters. The third-order valence-corrected chi connectivity index (χ3v) is 6.35. The molecule has 11 heteroatoms. The molecule has 0 amide bonds. The highest BCUT2D eigenvalue weighted by molar-refractivity contribution is 7.88. The first-order chi connectivity index (χ1) is 13.4. The number of nitrogens with zero attached hydrogens (tertiary/aromatic N) is 6. The summed E-state index contributed by atoms with van der Waals surface area (Å²) in [5.41, 5.74) is 2.28. The van der Waals surface area contributed by atoms with Gasteiger partial charge >= 0.3 is 5.69 Å². The molecule has 1 saturated heterocycles. The number of aromatic amines is 1. The van der Waals surface area contributed by atoms with Crippen LogP contribution in [0.15, 0.2) is 41.6 Å². The third kappa shape index (κ3) is 2.62. The molecule has 0 aliphatic carbocycles. The number of aromatic nitrogens is 6. The number of rotatable bonds is 3. The molecule has 1 aliphatic heterocycles. The Morgan fingerprint density at radius 2 is 2.11 bits per heavy atom. The zero-order valence-corrected chi connectivity index (χ0v) is 15.8. The Hall–Kier alpha value is -3.05. The summed E-state index contributed by atoms with van der Waals surface area (Å²) in [5.74, 6) is 0.458. The van der Waals surface area contributed by atoms with Gasteiger partial charge in [-0.05, 0) is 18.6 Å². The summed E-state index contributed by atoms with van der Waals surface area (Å²) in [7, 11) is -3.30. The maximum Gasteiger partial charge on any atom is 0.328 e. The summed E-state index contributed by atoms with van der Waals surface area (Å²) in [6.45, 7) is 0.635. The lowest BCUT2D eigenvalue weighted by Crippen LogP contribution is -2.30. The van der Waals surface area contributed by atoms with Crippen molar-refractivity contribution in [1.82, 2.24) is 33.4 Å². The zero-order chi connectivity index (χ0) is 19.5. The Morgan fingerprint density at radius 1 is 1.25 bits per heavy atom. The molecule has 1 fully saturated rings. The molecule has 0 bridgehead atoms. The lowest BCUT2D eigenvalue weighted by Gasteiger charge is -2.14. The van der Waals surface area contributed by atoms with Crippen LogP contribution in [0.25, 0.3) is 28.1 Å². The average molecular weight is 399 g/mol. The van der Waals surface area contributed by atoms with Gasteiger partial charge < -0.3 is 4.98 Å². The van der Waals surface area contributed by atoms with Gasteiger partial charge in [-0.2, -0.15) is 5.10 Å². The highest BCUT2D eigenvalue weighted by Crippen LogP contribution is 2.26. The monoisotopic (exact) mass is 399 g/mol. The molecule has 1 aliphatic rings. The van der Waals surface area contributed by atoms with Crippen LogP contribution in [0.5, 0.6) is 0 Å². The van der Waals surface area contributed by atoms with Crippen LogP contribution in [0.4, 0.5) is 0 Å². The number of H-pyrrole nitrogens is 1. The standard InChI is InChI=1S/C17H17N7O3S/c1-28(26,27)22-7-5-11(10-22)24-16-13(20-17(24)25)9-18-15(21-16)12-8-19-23-6-3-2-4-14(12)23/h2-4,6,8-9,11H,5,7,10H2,1H3,(H,20,25). The van der Waals surface area contributed by atoms with Crippen LogP contribution >= 0.6 is 0 Å². The van der Waals surface area contributed by atoms with Crippen molar-refractivity contribution in [2.75, 3.05) is 19.3 Å². The van der Waals surface area contributed by atoms with Gasteiger partial charge in [-0.25, -0.2) is 32.0 Å². The van der Waals surface area contributed by atoms with Crippen molar-refractivity contribution in [2.45, 2.75) is 12.5 Å². The summed E-state index contributed by atoms with van der Waals surface area (Å²) in [4.78, 5) is 24.3. The Kier molecular flexibility index (Phi) is 3.64. The summed E-state index contributed by atoms with van der Waals surface area (Å²) in [5, 5.41) is 4.30. The van der Waals surface area contributed by atoms with E-state index >= 15 is 0 Å². The van der Waals surface area contributed by atoms with Gasteiger partial charge in [-0.3, -0.25) is 4.57 Å². The van der Waals surface area contributed by atoms with Crippen molar-refractivity contribution in [3.8, 4) is 11.4 Å².